The molecule has 0 bridgehead atoms. The van der Waals surface area contributed by atoms with Gasteiger partial charge in [-0.2, -0.15) is 0 Å². The van der Waals surface area contributed by atoms with Crippen LogP contribution in [0.15, 0.2) is 41.5 Å². The first-order chi connectivity index (χ1) is 15.4. The topological polar surface area (TPSA) is 70.7 Å². The number of carbonyl (C=O) groups excluding carboxylic acids is 1. The predicted molar refractivity (Wildman–Crippen MR) is 126 cm³/mol. The molecule has 5 nitrogen and oxygen atoms in total. The molecule has 2 aliphatic heterocycles. The van der Waals surface area contributed by atoms with Crippen LogP contribution in [0.3, 0.4) is 0 Å². The van der Waals surface area contributed by atoms with Crippen LogP contribution < -0.4 is 16.0 Å². The van der Waals surface area contributed by atoms with E-state index in [1.165, 1.54) is 12.4 Å². The molecule has 3 N–H and O–H groups in total. The summed E-state index contributed by atoms with van der Waals surface area (Å²) >= 11 is 0. The van der Waals surface area contributed by atoms with Gasteiger partial charge in [-0.05, 0) is 66.1 Å². The quantitative estimate of drug-likeness (QED) is 0.642. The number of nitrogens with zero attached hydrogens (tertiary/aromatic N) is 2. The second-order valence-electron chi connectivity index (χ2n) is 8.50. The van der Waals surface area contributed by atoms with Crippen molar-refractivity contribution >= 4 is 34.8 Å². The van der Waals surface area contributed by atoms with Crippen LogP contribution in [0.5, 0.6) is 0 Å². The van der Waals surface area contributed by atoms with E-state index in [-0.39, 0.29) is 17.4 Å². The lowest BCUT2D eigenvalue weighted by atomic mass is 9.91. The number of allylic oxidation sites excluding steroid dienone is 1. The number of alkyl halides is 2. The highest BCUT2D eigenvalue weighted by Gasteiger charge is 2.28. The molecule has 2 aliphatic rings. The number of halogens is 2. The molecule has 0 unspecified atom stereocenters. The Morgan fingerprint density at radius 1 is 1.28 bits per heavy atom. The van der Waals surface area contributed by atoms with Crippen molar-refractivity contribution in [1.29, 1.82) is 0 Å². The standard InChI is InChI=1S/C25H28F2N4O/c1-15-9-20-21(30-24(32)10-15)6-3-7-22(20)31-8-4-5-16-11-18(17(13-28)14-29-2)19(25(26)27)12-23(16)31/h3,6-7,11-15,25H,4-5,8-10,28H2,1-2H3,(H,30,32)/t15-/m0/s1. The smallest absolute Gasteiger partial charge is 0.264 e. The van der Waals surface area contributed by atoms with E-state index in [1.807, 2.05) is 24.3 Å². The van der Waals surface area contributed by atoms with E-state index in [0.29, 0.717) is 17.6 Å². The third-order valence-corrected chi connectivity index (χ3v) is 6.17. The fourth-order valence-corrected chi connectivity index (χ4v) is 4.77. The summed E-state index contributed by atoms with van der Waals surface area (Å²) in [5, 5.41) is 3.01. The van der Waals surface area contributed by atoms with Crippen molar-refractivity contribution in [1.82, 2.24) is 0 Å². The van der Waals surface area contributed by atoms with Gasteiger partial charge in [-0.3, -0.25) is 9.79 Å². The molecule has 7 heteroatoms. The zero-order chi connectivity index (χ0) is 22.8. The first kappa shape index (κ1) is 22.0. The fourth-order valence-electron chi connectivity index (χ4n) is 4.77. The molecule has 0 radical (unpaired) electrons. The molecule has 4 rings (SSSR count). The molecule has 1 amide bonds. The maximum atomic E-state index is 14.1. The van der Waals surface area contributed by atoms with Crippen LogP contribution in [0.2, 0.25) is 0 Å². The number of rotatable bonds is 4. The zero-order valence-electron chi connectivity index (χ0n) is 18.4. The molecule has 0 aromatic heterocycles. The van der Waals surface area contributed by atoms with E-state index >= 15 is 0 Å². The molecule has 2 aromatic carbocycles. The minimum atomic E-state index is -2.65. The molecule has 168 valence electrons. The number of nitrogens with two attached hydrogens (primary N) is 1. The zero-order valence-corrected chi connectivity index (χ0v) is 18.4. The van der Waals surface area contributed by atoms with Gasteiger partial charge in [-0.1, -0.05) is 13.0 Å². The van der Waals surface area contributed by atoms with Gasteiger partial charge >= 0.3 is 0 Å². The number of aliphatic imine (C=N–C) groups is 1. The SMILES string of the molecule is CN=CC(=CN)c1cc2c(cc1C(F)F)N(c1cccc3c1C[C@H](C)CC(=O)N3)CCC2. The van der Waals surface area contributed by atoms with Crippen LogP contribution in [-0.4, -0.2) is 25.7 Å². The van der Waals surface area contributed by atoms with Gasteiger partial charge in [0.15, 0.2) is 0 Å². The highest BCUT2D eigenvalue weighted by Crippen LogP contribution is 2.42. The van der Waals surface area contributed by atoms with Gasteiger partial charge in [0, 0.05) is 60.6 Å². The molecular weight excluding hydrogens is 410 g/mol. The Hall–Kier alpha value is -3.22. The Morgan fingerprint density at radius 3 is 2.81 bits per heavy atom. The van der Waals surface area contributed by atoms with Crippen molar-refractivity contribution in [2.45, 2.75) is 39.0 Å². The average Bonchev–Trinajstić information content (AvgIpc) is 2.92. The Balaban J connectivity index is 1.86. The molecule has 0 saturated heterocycles. The van der Waals surface area contributed by atoms with E-state index < -0.39 is 6.43 Å². The first-order valence-corrected chi connectivity index (χ1v) is 10.9. The van der Waals surface area contributed by atoms with E-state index in [2.05, 4.69) is 22.1 Å². The van der Waals surface area contributed by atoms with E-state index in [4.69, 9.17) is 5.73 Å². The third kappa shape index (κ3) is 4.11. The van der Waals surface area contributed by atoms with Crippen molar-refractivity contribution in [2.24, 2.45) is 16.6 Å². The summed E-state index contributed by atoms with van der Waals surface area (Å²) in [5.74, 6) is 0.210. The number of fused-ring (bicyclic) bond motifs is 2. The Morgan fingerprint density at radius 2 is 2.09 bits per heavy atom. The Bertz CT molecular complexity index is 1090. The van der Waals surface area contributed by atoms with Crippen molar-refractivity contribution in [2.75, 3.05) is 23.8 Å². The molecule has 2 aromatic rings. The second-order valence-corrected chi connectivity index (χ2v) is 8.50. The summed E-state index contributed by atoms with van der Waals surface area (Å²) in [6.45, 7) is 2.79. The normalized spacial score (nSPS) is 19.0. The molecular formula is C25H28F2N4O. The van der Waals surface area contributed by atoms with E-state index in [0.717, 1.165) is 54.0 Å². The van der Waals surface area contributed by atoms with Gasteiger partial charge < -0.3 is 16.0 Å². The van der Waals surface area contributed by atoms with Crippen molar-refractivity contribution in [3.8, 4) is 0 Å². The highest BCUT2D eigenvalue weighted by molar-refractivity contribution is 6.10. The number of amides is 1. The second kappa shape index (κ2) is 9.10. The molecule has 0 aliphatic carbocycles. The number of benzene rings is 2. The van der Waals surface area contributed by atoms with Gasteiger partial charge in [0.05, 0.1) is 0 Å². The average molecular weight is 439 g/mol. The van der Waals surface area contributed by atoms with Crippen LogP contribution >= 0.6 is 0 Å². The van der Waals surface area contributed by atoms with Gasteiger partial charge in [0.1, 0.15) is 0 Å². The number of aryl methyl sites for hydroxylation is 1. The van der Waals surface area contributed by atoms with Gasteiger partial charge in [0.25, 0.3) is 6.43 Å². The molecule has 32 heavy (non-hydrogen) atoms. The molecule has 0 saturated carbocycles. The highest BCUT2D eigenvalue weighted by atomic mass is 19.3. The first-order valence-electron chi connectivity index (χ1n) is 10.9. The number of nitrogens with one attached hydrogen (secondary N) is 1. The lowest BCUT2D eigenvalue weighted by molar-refractivity contribution is -0.116. The number of hydrogen-bond acceptors (Lipinski definition) is 4. The predicted octanol–water partition coefficient (Wildman–Crippen LogP) is 5.23. The van der Waals surface area contributed by atoms with Crippen LogP contribution in [0.1, 0.15) is 48.4 Å². The fraction of sp³-hybridized carbons (Fsp3) is 0.360. The molecule has 2 heterocycles. The Kier molecular flexibility index (Phi) is 6.26. The molecule has 1 atom stereocenters. The van der Waals surface area contributed by atoms with Crippen molar-refractivity contribution in [3.05, 3.63) is 58.8 Å². The summed E-state index contributed by atoms with van der Waals surface area (Å²) in [4.78, 5) is 18.3. The summed E-state index contributed by atoms with van der Waals surface area (Å²) < 4.78 is 28.2. The lowest BCUT2D eigenvalue weighted by Gasteiger charge is -2.34. The van der Waals surface area contributed by atoms with Gasteiger partial charge in [0.2, 0.25) is 5.91 Å². The lowest BCUT2D eigenvalue weighted by Crippen LogP contribution is -2.26. The minimum Gasteiger partial charge on any atom is -0.404 e. The van der Waals surface area contributed by atoms with E-state index in [9.17, 15) is 13.6 Å². The van der Waals surface area contributed by atoms with Gasteiger partial charge in [-0.15, -0.1) is 0 Å². The number of anilines is 3. The maximum Gasteiger partial charge on any atom is 0.264 e. The summed E-state index contributed by atoms with van der Waals surface area (Å²) in [6.07, 6.45) is 3.10. The summed E-state index contributed by atoms with van der Waals surface area (Å²) in [6, 6.07) is 9.27. The third-order valence-electron chi connectivity index (χ3n) is 6.17. The minimum absolute atomic E-state index is 0.00997. The number of carbonyl (C=O) groups is 1. The van der Waals surface area contributed by atoms with Crippen molar-refractivity contribution < 1.29 is 13.6 Å². The number of hydrogen-bond donors (Lipinski definition) is 2. The molecule has 0 fully saturated rings. The largest absolute Gasteiger partial charge is 0.404 e. The molecule has 0 spiro atoms. The monoisotopic (exact) mass is 438 g/mol. The van der Waals surface area contributed by atoms with Crippen LogP contribution in [0.4, 0.5) is 25.8 Å². The maximum absolute atomic E-state index is 14.1. The van der Waals surface area contributed by atoms with Crippen LogP contribution in [0, 0.1) is 5.92 Å². The van der Waals surface area contributed by atoms with Crippen LogP contribution in [-0.2, 0) is 17.6 Å². The van der Waals surface area contributed by atoms with Crippen molar-refractivity contribution in [3.63, 3.8) is 0 Å². The van der Waals surface area contributed by atoms with E-state index in [1.54, 1.807) is 13.1 Å². The summed E-state index contributed by atoms with van der Waals surface area (Å²) in [5.41, 5.74) is 11.2. The summed E-state index contributed by atoms with van der Waals surface area (Å²) in [7, 11) is 1.59. The van der Waals surface area contributed by atoms with Crippen LogP contribution in [0.25, 0.3) is 5.57 Å². The van der Waals surface area contributed by atoms with Gasteiger partial charge in [-0.25, -0.2) is 8.78 Å². The Labute approximate surface area is 187 Å².